The van der Waals surface area contributed by atoms with Crippen LogP contribution in [0.25, 0.3) is 0 Å². The molecule has 0 aliphatic heterocycles. The average Bonchev–Trinajstić information content (AvgIpc) is 2.57. The van der Waals surface area contributed by atoms with Gasteiger partial charge in [0.1, 0.15) is 5.78 Å². The lowest BCUT2D eigenvalue weighted by molar-refractivity contribution is -0.118. The van der Waals surface area contributed by atoms with Crippen molar-refractivity contribution in [2.75, 3.05) is 6.54 Å². The molecular weight excluding hydrogens is 170 g/mol. The second-order valence-corrected chi connectivity index (χ2v) is 2.77. The molecule has 0 aliphatic rings. The number of aromatic nitrogens is 2. The zero-order valence-electron chi connectivity index (χ0n) is 7.40. The highest BCUT2D eigenvalue weighted by molar-refractivity contribution is 5.78. The summed E-state index contributed by atoms with van der Waals surface area (Å²) in [5.74, 6) is 0.780. The Morgan fingerprint density at radius 2 is 2.38 bits per heavy atom. The Labute approximate surface area is 76.3 Å². The van der Waals surface area contributed by atoms with E-state index in [1.165, 1.54) is 6.33 Å². The third-order valence-corrected chi connectivity index (χ3v) is 1.68. The van der Waals surface area contributed by atoms with E-state index in [2.05, 4.69) is 10.1 Å². The quantitative estimate of drug-likeness (QED) is 0.686. The van der Waals surface area contributed by atoms with Gasteiger partial charge in [0.2, 0.25) is 5.89 Å². The molecule has 2 N–H and O–H groups in total. The Morgan fingerprint density at radius 3 is 3.00 bits per heavy atom. The van der Waals surface area contributed by atoms with Crippen LogP contribution in [0.1, 0.15) is 25.2 Å². The number of rotatable bonds is 6. The van der Waals surface area contributed by atoms with Gasteiger partial charge in [-0.2, -0.15) is 4.98 Å². The van der Waals surface area contributed by atoms with Crippen LogP contribution >= 0.6 is 0 Å². The summed E-state index contributed by atoms with van der Waals surface area (Å²) in [6, 6.07) is 0. The minimum absolute atomic E-state index is 0.196. The van der Waals surface area contributed by atoms with Gasteiger partial charge in [-0.15, -0.1) is 0 Å². The zero-order chi connectivity index (χ0) is 9.52. The van der Waals surface area contributed by atoms with E-state index in [0.29, 0.717) is 31.7 Å². The maximum Gasteiger partial charge on any atom is 0.226 e. The van der Waals surface area contributed by atoms with Crippen molar-refractivity contribution in [2.24, 2.45) is 5.73 Å². The molecule has 0 saturated carbocycles. The van der Waals surface area contributed by atoms with E-state index < -0.39 is 0 Å². The molecule has 0 saturated heterocycles. The molecule has 1 heterocycles. The number of hydrogen-bond donors (Lipinski definition) is 1. The van der Waals surface area contributed by atoms with Gasteiger partial charge in [-0.3, -0.25) is 4.79 Å². The van der Waals surface area contributed by atoms with Crippen LogP contribution in [0.5, 0.6) is 0 Å². The molecule has 0 atom stereocenters. The molecule has 13 heavy (non-hydrogen) atoms. The van der Waals surface area contributed by atoms with Gasteiger partial charge in [-0.1, -0.05) is 5.16 Å². The SMILES string of the molecule is NCCC(=O)CCCc1ncno1. The van der Waals surface area contributed by atoms with E-state index in [0.717, 1.165) is 6.42 Å². The molecule has 5 nitrogen and oxygen atoms in total. The van der Waals surface area contributed by atoms with Crippen molar-refractivity contribution >= 4 is 5.78 Å². The van der Waals surface area contributed by atoms with Crippen molar-refractivity contribution in [3.8, 4) is 0 Å². The number of ketones is 1. The average molecular weight is 183 g/mol. The highest BCUT2D eigenvalue weighted by atomic mass is 16.5. The maximum absolute atomic E-state index is 11.0. The van der Waals surface area contributed by atoms with E-state index in [-0.39, 0.29) is 5.78 Å². The predicted octanol–water partition coefficient (Wildman–Crippen LogP) is 0.310. The van der Waals surface area contributed by atoms with Crippen molar-refractivity contribution in [2.45, 2.75) is 25.7 Å². The molecule has 72 valence electrons. The lowest BCUT2D eigenvalue weighted by Gasteiger charge is -1.95. The Hall–Kier alpha value is -1.23. The molecule has 1 rings (SSSR count). The number of hydrogen-bond acceptors (Lipinski definition) is 5. The van der Waals surface area contributed by atoms with Gasteiger partial charge >= 0.3 is 0 Å². The van der Waals surface area contributed by atoms with E-state index in [1.807, 2.05) is 0 Å². The Bertz CT molecular complexity index is 246. The Balaban J connectivity index is 2.11. The number of nitrogens with two attached hydrogens (primary N) is 1. The molecule has 1 aromatic heterocycles. The van der Waals surface area contributed by atoms with Crippen molar-refractivity contribution in [3.63, 3.8) is 0 Å². The summed E-state index contributed by atoms with van der Waals surface area (Å²) in [5, 5.41) is 3.47. The third-order valence-electron chi connectivity index (χ3n) is 1.68. The lowest BCUT2D eigenvalue weighted by Crippen LogP contribution is -2.07. The van der Waals surface area contributed by atoms with Gasteiger partial charge in [0.05, 0.1) is 0 Å². The molecule has 0 radical (unpaired) electrons. The number of nitrogens with zero attached hydrogens (tertiary/aromatic N) is 2. The van der Waals surface area contributed by atoms with Crippen LogP contribution in [-0.2, 0) is 11.2 Å². The lowest BCUT2D eigenvalue weighted by atomic mass is 10.1. The molecule has 0 aliphatic carbocycles. The summed E-state index contributed by atoms with van der Waals surface area (Å²) in [6.45, 7) is 0.430. The molecule has 5 heteroatoms. The molecule has 0 spiro atoms. The van der Waals surface area contributed by atoms with Gasteiger partial charge in [-0.25, -0.2) is 0 Å². The highest BCUT2D eigenvalue weighted by Gasteiger charge is 2.03. The molecular formula is C8H13N3O2. The van der Waals surface area contributed by atoms with E-state index in [9.17, 15) is 4.79 Å². The number of carbonyl (C=O) groups is 1. The van der Waals surface area contributed by atoms with Crippen molar-refractivity contribution < 1.29 is 9.32 Å². The molecule has 0 amide bonds. The summed E-state index contributed by atoms with van der Waals surface area (Å²) < 4.78 is 4.78. The number of Topliss-reactive ketones (excluding diaryl/α,β-unsaturated/α-hetero) is 1. The number of carbonyl (C=O) groups excluding carboxylic acids is 1. The first kappa shape index (κ1) is 9.85. The van der Waals surface area contributed by atoms with E-state index in [4.69, 9.17) is 10.3 Å². The summed E-state index contributed by atoms with van der Waals surface area (Å²) in [7, 11) is 0. The summed E-state index contributed by atoms with van der Waals surface area (Å²) in [6.07, 6.45) is 3.78. The first-order valence-electron chi connectivity index (χ1n) is 4.30. The first-order valence-corrected chi connectivity index (χ1v) is 4.30. The van der Waals surface area contributed by atoms with Crippen molar-refractivity contribution in [1.82, 2.24) is 10.1 Å². The van der Waals surface area contributed by atoms with Crippen molar-refractivity contribution in [1.29, 1.82) is 0 Å². The largest absolute Gasteiger partial charge is 0.340 e. The van der Waals surface area contributed by atoms with Gasteiger partial charge < -0.3 is 10.3 Å². The topological polar surface area (TPSA) is 82.0 Å². The van der Waals surface area contributed by atoms with Gasteiger partial charge in [0.25, 0.3) is 0 Å². The van der Waals surface area contributed by atoms with Crippen LogP contribution in [0.3, 0.4) is 0 Å². The smallest absolute Gasteiger partial charge is 0.226 e. The first-order chi connectivity index (χ1) is 6.33. The van der Waals surface area contributed by atoms with Crippen LogP contribution < -0.4 is 5.73 Å². The fourth-order valence-electron chi connectivity index (χ4n) is 1.03. The fourth-order valence-corrected chi connectivity index (χ4v) is 1.03. The normalized spacial score (nSPS) is 10.2. The van der Waals surface area contributed by atoms with Crippen molar-refractivity contribution in [3.05, 3.63) is 12.2 Å². The summed E-state index contributed by atoms with van der Waals surface area (Å²) >= 11 is 0. The Morgan fingerprint density at radius 1 is 1.54 bits per heavy atom. The van der Waals surface area contributed by atoms with E-state index >= 15 is 0 Å². The van der Waals surface area contributed by atoms with Gasteiger partial charge in [0.15, 0.2) is 6.33 Å². The minimum atomic E-state index is 0.196. The Kier molecular flexibility index (Phi) is 4.11. The summed E-state index contributed by atoms with van der Waals surface area (Å²) in [4.78, 5) is 14.9. The second-order valence-electron chi connectivity index (χ2n) is 2.77. The van der Waals surface area contributed by atoms with Crippen LogP contribution in [0.15, 0.2) is 10.9 Å². The molecule has 0 fully saturated rings. The zero-order valence-corrected chi connectivity index (χ0v) is 7.40. The monoisotopic (exact) mass is 183 g/mol. The standard InChI is InChI=1S/C8H13N3O2/c9-5-4-7(12)2-1-3-8-10-6-11-13-8/h6H,1-5,9H2. The van der Waals surface area contributed by atoms with Gasteiger partial charge in [0, 0.05) is 19.3 Å². The molecule has 0 bridgehead atoms. The molecule has 1 aromatic rings. The third kappa shape index (κ3) is 3.80. The van der Waals surface area contributed by atoms with E-state index in [1.54, 1.807) is 0 Å². The van der Waals surface area contributed by atoms with Gasteiger partial charge in [-0.05, 0) is 13.0 Å². The number of aryl methyl sites for hydroxylation is 1. The van der Waals surface area contributed by atoms with Crippen LogP contribution in [0.4, 0.5) is 0 Å². The molecule has 0 aromatic carbocycles. The maximum atomic E-state index is 11.0. The second kappa shape index (κ2) is 5.42. The van der Waals surface area contributed by atoms with Crippen LogP contribution in [-0.4, -0.2) is 22.5 Å². The predicted molar refractivity (Wildman–Crippen MR) is 45.9 cm³/mol. The summed E-state index contributed by atoms with van der Waals surface area (Å²) in [5.41, 5.74) is 5.23. The molecule has 0 unspecified atom stereocenters. The van der Waals surface area contributed by atoms with Crippen LogP contribution in [0, 0.1) is 0 Å². The fraction of sp³-hybridized carbons (Fsp3) is 0.625. The highest BCUT2D eigenvalue weighted by Crippen LogP contribution is 2.01. The minimum Gasteiger partial charge on any atom is -0.340 e. The van der Waals surface area contributed by atoms with Crippen LogP contribution in [0.2, 0.25) is 0 Å².